The van der Waals surface area contributed by atoms with Crippen LogP contribution in [-0.2, 0) is 29.1 Å². The van der Waals surface area contributed by atoms with Gasteiger partial charge in [-0.2, -0.15) is 5.10 Å². The number of nitrogens with zero attached hydrogens (tertiary/aromatic N) is 3. The molecule has 23 heavy (non-hydrogen) atoms. The van der Waals surface area contributed by atoms with Gasteiger partial charge in [0.2, 0.25) is 11.8 Å². The molecule has 1 fully saturated rings. The summed E-state index contributed by atoms with van der Waals surface area (Å²) in [7, 11) is 0. The molecule has 7 nitrogen and oxygen atoms in total. The van der Waals surface area contributed by atoms with Gasteiger partial charge in [0.15, 0.2) is 0 Å². The van der Waals surface area contributed by atoms with Crippen molar-refractivity contribution >= 4 is 11.8 Å². The van der Waals surface area contributed by atoms with Gasteiger partial charge in [-0.3, -0.25) is 19.2 Å². The second-order valence-corrected chi connectivity index (χ2v) is 6.59. The second kappa shape index (κ2) is 6.70. The molecule has 0 unspecified atom stereocenters. The molecule has 1 aliphatic heterocycles. The number of fused-ring (bicyclic) bond motifs is 1. The molecule has 1 aromatic heterocycles. The number of carbonyl (C=O) groups excluding carboxylic acids is 2. The summed E-state index contributed by atoms with van der Waals surface area (Å²) in [6.07, 6.45) is 4.29. The van der Waals surface area contributed by atoms with Gasteiger partial charge in [-0.1, -0.05) is 0 Å². The summed E-state index contributed by atoms with van der Waals surface area (Å²) in [6.45, 7) is 4.20. The van der Waals surface area contributed by atoms with Crippen LogP contribution in [0.15, 0.2) is 6.07 Å². The van der Waals surface area contributed by atoms with Crippen molar-refractivity contribution in [3.63, 3.8) is 0 Å². The molecule has 0 aromatic carbocycles. The first-order chi connectivity index (χ1) is 11.0. The number of hydrogen-bond acceptors (Lipinski definition) is 4. The van der Waals surface area contributed by atoms with Gasteiger partial charge in [-0.15, -0.1) is 0 Å². The van der Waals surface area contributed by atoms with Crippen LogP contribution in [0.25, 0.3) is 0 Å². The number of aromatic nitrogens is 2. The van der Waals surface area contributed by atoms with E-state index in [-0.39, 0.29) is 17.9 Å². The van der Waals surface area contributed by atoms with Gasteiger partial charge in [-0.25, -0.2) is 0 Å². The van der Waals surface area contributed by atoms with Gasteiger partial charge in [0, 0.05) is 38.5 Å². The quantitative estimate of drug-likeness (QED) is 0.782. The molecule has 7 heteroatoms. The summed E-state index contributed by atoms with van der Waals surface area (Å²) in [5, 5.41) is 7.61. The van der Waals surface area contributed by atoms with Crippen molar-refractivity contribution in [2.45, 2.75) is 64.2 Å². The van der Waals surface area contributed by atoms with Crippen molar-refractivity contribution < 1.29 is 9.59 Å². The molecule has 1 saturated carbocycles. The molecule has 2 aliphatic rings. The lowest BCUT2D eigenvalue weighted by Crippen LogP contribution is -2.42. The number of primary amides is 1. The Hall–Kier alpha value is -1.89. The highest BCUT2D eigenvalue weighted by atomic mass is 16.2. The maximum absolute atomic E-state index is 11.8. The monoisotopic (exact) mass is 319 g/mol. The second-order valence-electron chi connectivity index (χ2n) is 6.59. The number of nitrogens with two attached hydrogens (primary N) is 1. The Morgan fingerprint density at radius 1 is 1.43 bits per heavy atom. The number of rotatable bonds is 6. The maximum Gasteiger partial charge on any atom is 0.234 e. The van der Waals surface area contributed by atoms with Crippen molar-refractivity contribution in [2.24, 2.45) is 5.73 Å². The Morgan fingerprint density at radius 3 is 2.91 bits per heavy atom. The largest absolute Gasteiger partial charge is 0.368 e. The van der Waals surface area contributed by atoms with Crippen LogP contribution in [0.4, 0.5) is 0 Å². The molecule has 0 spiro atoms. The van der Waals surface area contributed by atoms with Crippen LogP contribution in [0.5, 0.6) is 0 Å². The predicted molar refractivity (Wildman–Crippen MR) is 85.4 cm³/mol. The molecule has 1 atom stereocenters. The predicted octanol–water partition coefficient (Wildman–Crippen LogP) is 0.174. The lowest BCUT2D eigenvalue weighted by atomic mass is 10.2. The third-order valence-electron chi connectivity index (χ3n) is 4.60. The highest BCUT2D eigenvalue weighted by molar-refractivity contribution is 5.79. The Morgan fingerprint density at radius 2 is 2.22 bits per heavy atom. The summed E-state index contributed by atoms with van der Waals surface area (Å²) in [5.41, 5.74) is 7.46. The zero-order chi connectivity index (χ0) is 16.4. The molecule has 126 valence electrons. The minimum Gasteiger partial charge on any atom is -0.368 e. The summed E-state index contributed by atoms with van der Waals surface area (Å²) < 4.78 is 2.00. The number of aryl methyl sites for hydroxylation is 2. The molecule has 1 aromatic rings. The Balaban J connectivity index is 1.59. The number of carbonyl (C=O) groups is 2. The standard InChI is InChI=1S/C16H25N5O2/c1-11(16(17)23)20-7-2-8-21-14(10-20)9-13(19-21)5-6-15(22)18-12-3-4-12/h9,11-12H,2-8,10H2,1H3,(H2,17,23)(H,18,22)/t11-/m0/s1. The Labute approximate surface area is 136 Å². The van der Waals surface area contributed by atoms with E-state index in [9.17, 15) is 9.59 Å². The van der Waals surface area contributed by atoms with Gasteiger partial charge in [0.25, 0.3) is 0 Å². The molecule has 0 radical (unpaired) electrons. The fourth-order valence-corrected chi connectivity index (χ4v) is 2.95. The average Bonchev–Trinajstić information content (AvgIpc) is 3.27. The highest BCUT2D eigenvalue weighted by Gasteiger charge is 2.25. The first-order valence-electron chi connectivity index (χ1n) is 8.41. The van der Waals surface area contributed by atoms with Crippen molar-refractivity contribution in [2.75, 3.05) is 6.54 Å². The van der Waals surface area contributed by atoms with E-state index in [2.05, 4.69) is 21.4 Å². The van der Waals surface area contributed by atoms with Crippen LogP contribution < -0.4 is 11.1 Å². The minimum absolute atomic E-state index is 0.111. The maximum atomic E-state index is 11.8. The Bertz CT molecular complexity index is 593. The number of hydrogen-bond donors (Lipinski definition) is 2. The molecule has 3 rings (SSSR count). The van der Waals surface area contributed by atoms with E-state index in [1.54, 1.807) is 0 Å². The fourth-order valence-electron chi connectivity index (χ4n) is 2.95. The van der Waals surface area contributed by atoms with E-state index < -0.39 is 0 Å². The lowest BCUT2D eigenvalue weighted by Gasteiger charge is -2.24. The first kappa shape index (κ1) is 16.0. The fraction of sp³-hybridized carbons (Fsp3) is 0.688. The summed E-state index contributed by atoms with van der Waals surface area (Å²) >= 11 is 0. The van der Waals surface area contributed by atoms with E-state index >= 15 is 0 Å². The molecule has 1 aliphatic carbocycles. The van der Waals surface area contributed by atoms with Crippen molar-refractivity contribution in [1.29, 1.82) is 0 Å². The highest BCUT2D eigenvalue weighted by Crippen LogP contribution is 2.19. The third-order valence-corrected chi connectivity index (χ3v) is 4.60. The van der Waals surface area contributed by atoms with Crippen molar-refractivity contribution in [3.8, 4) is 0 Å². The number of amides is 2. The molecule has 2 amide bonds. The zero-order valence-corrected chi connectivity index (χ0v) is 13.6. The molecule has 3 N–H and O–H groups in total. The summed E-state index contributed by atoms with van der Waals surface area (Å²) in [5.74, 6) is -0.186. The number of nitrogens with one attached hydrogen (secondary N) is 1. The Kier molecular flexibility index (Phi) is 4.66. The van der Waals surface area contributed by atoms with E-state index in [0.717, 1.165) is 43.7 Å². The topological polar surface area (TPSA) is 93.2 Å². The van der Waals surface area contributed by atoms with E-state index in [1.165, 1.54) is 0 Å². The van der Waals surface area contributed by atoms with E-state index in [0.29, 0.717) is 25.4 Å². The molecular weight excluding hydrogens is 294 g/mol. The van der Waals surface area contributed by atoms with E-state index in [1.807, 2.05) is 11.6 Å². The van der Waals surface area contributed by atoms with Crippen LogP contribution in [0.3, 0.4) is 0 Å². The van der Waals surface area contributed by atoms with E-state index in [4.69, 9.17) is 5.73 Å². The average molecular weight is 319 g/mol. The van der Waals surface area contributed by atoms with Crippen LogP contribution in [0, 0.1) is 0 Å². The summed E-state index contributed by atoms with van der Waals surface area (Å²) in [4.78, 5) is 25.3. The van der Waals surface area contributed by atoms with Crippen molar-refractivity contribution in [3.05, 3.63) is 17.5 Å². The van der Waals surface area contributed by atoms with Crippen LogP contribution in [0.1, 0.15) is 44.0 Å². The van der Waals surface area contributed by atoms with Gasteiger partial charge in [-0.05, 0) is 32.3 Å². The van der Waals surface area contributed by atoms with Crippen molar-refractivity contribution in [1.82, 2.24) is 20.0 Å². The normalized spacial score (nSPS) is 19.7. The SMILES string of the molecule is C[C@@H](C(N)=O)N1CCCn2nc(CCC(=O)NC3CC3)cc2C1. The minimum atomic E-state index is -0.296. The van der Waals surface area contributed by atoms with Crippen LogP contribution in [-0.4, -0.2) is 45.1 Å². The lowest BCUT2D eigenvalue weighted by molar-refractivity contribution is -0.123. The molecular formula is C16H25N5O2. The molecule has 2 heterocycles. The van der Waals surface area contributed by atoms with Gasteiger partial charge < -0.3 is 11.1 Å². The first-order valence-corrected chi connectivity index (χ1v) is 8.41. The van der Waals surface area contributed by atoms with Gasteiger partial charge in [0.1, 0.15) is 0 Å². The molecule has 0 bridgehead atoms. The third kappa shape index (κ3) is 4.10. The van der Waals surface area contributed by atoms with Crippen LogP contribution in [0.2, 0.25) is 0 Å². The smallest absolute Gasteiger partial charge is 0.234 e. The van der Waals surface area contributed by atoms with Gasteiger partial charge >= 0.3 is 0 Å². The van der Waals surface area contributed by atoms with Gasteiger partial charge in [0.05, 0.1) is 17.4 Å². The van der Waals surface area contributed by atoms with Crippen LogP contribution >= 0.6 is 0 Å². The zero-order valence-electron chi connectivity index (χ0n) is 13.6. The summed E-state index contributed by atoms with van der Waals surface area (Å²) in [6, 6.07) is 2.19. The molecule has 0 saturated heterocycles.